The summed E-state index contributed by atoms with van der Waals surface area (Å²) < 4.78 is 14.3. The van der Waals surface area contributed by atoms with Crippen LogP contribution in [0.1, 0.15) is 10.4 Å². The molecule has 2 rings (SSSR count). The molecule has 0 aliphatic heterocycles. The number of carboxylic acids is 1. The van der Waals surface area contributed by atoms with Crippen LogP contribution >= 0.6 is 15.9 Å². The van der Waals surface area contributed by atoms with E-state index in [1.54, 1.807) is 0 Å². The molecule has 6 nitrogen and oxygen atoms in total. The smallest absolute Gasteiger partial charge is 0.342 e. The number of para-hydroxylation sites is 1. The van der Waals surface area contributed by atoms with Crippen molar-refractivity contribution in [2.45, 2.75) is 0 Å². The van der Waals surface area contributed by atoms with Crippen molar-refractivity contribution in [1.29, 1.82) is 0 Å². The quantitative estimate of drug-likeness (QED) is 0.640. The van der Waals surface area contributed by atoms with Crippen molar-refractivity contribution in [2.75, 3.05) is 5.32 Å². The van der Waals surface area contributed by atoms with Crippen LogP contribution in [0.2, 0.25) is 0 Å². The molecule has 21 heavy (non-hydrogen) atoms. The van der Waals surface area contributed by atoms with Gasteiger partial charge in [0.25, 0.3) is 0 Å². The van der Waals surface area contributed by atoms with Crippen molar-refractivity contribution in [1.82, 2.24) is 0 Å². The number of carbonyl (C=O) groups is 1. The monoisotopic (exact) mass is 354 g/mol. The Labute approximate surface area is 126 Å². The van der Waals surface area contributed by atoms with E-state index in [0.717, 1.165) is 6.07 Å². The van der Waals surface area contributed by atoms with Crippen LogP contribution in [0.25, 0.3) is 0 Å². The lowest BCUT2D eigenvalue weighted by molar-refractivity contribution is -0.384. The van der Waals surface area contributed by atoms with Crippen molar-refractivity contribution < 1.29 is 19.2 Å². The molecule has 108 valence electrons. The van der Waals surface area contributed by atoms with E-state index in [0.29, 0.717) is 4.47 Å². The third-order valence-corrected chi connectivity index (χ3v) is 3.14. The van der Waals surface area contributed by atoms with Gasteiger partial charge in [0.05, 0.1) is 10.6 Å². The van der Waals surface area contributed by atoms with E-state index in [-0.39, 0.29) is 11.4 Å². The molecule has 0 radical (unpaired) electrons. The maximum Gasteiger partial charge on any atom is 0.342 e. The number of carboxylic acid groups (broad SMARTS) is 1. The lowest BCUT2D eigenvalue weighted by Crippen LogP contribution is -2.06. The molecule has 2 aromatic rings. The van der Waals surface area contributed by atoms with Crippen LogP contribution in [-0.4, -0.2) is 16.0 Å². The van der Waals surface area contributed by atoms with Crippen molar-refractivity contribution in [3.63, 3.8) is 0 Å². The zero-order valence-electron chi connectivity index (χ0n) is 10.3. The molecule has 2 N–H and O–H groups in total. The summed E-state index contributed by atoms with van der Waals surface area (Å²) in [6, 6.07) is 7.82. The van der Waals surface area contributed by atoms with E-state index >= 15 is 0 Å². The number of hydrogen-bond donors (Lipinski definition) is 2. The average molecular weight is 355 g/mol. The number of nitro benzene ring substituents is 1. The third-order valence-electron chi connectivity index (χ3n) is 2.65. The van der Waals surface area contributed by atoms with Crippen LogP contribution in [0.3, 0.4) is 0 Å². The van der Waals surface area contributed by atoms with Gasteiger partial charge < -0.3 is 10.4 Å². The van der Waals surface area contributed by atoms with E-state index in [1.165, 1.54) is 30.3 Å². The first-order valence-electron chi connectivity index (χ1n) is 5.63. The molecule has 0 saturated carbocycles. The number of aromatic carboxylic acids is 1. The lowest BCUT2D eigenvalue weighted by atomic mass is 10.1. The number of nitrogens with one attached hydrogen (secondary N) is 1. The first-order chi connectivity index (χ1) is 9.90. The summed E-state index contributed by atoms with van der Waals surface area (Å²) in [5, 5.41) is 22.6. The number of nitro groups is 1. The molecule has 0 saturated heterocycles. The minimum atomic E-state index is -1.43. The van der Waals surface area contributed by atoms with Gasteiger partial charge in [0, 0.05) is 4.47 Å². The Balaban J connectivity index is 2.54. The van der Waals surface area contributed by atoms with Gasteiger partial charge in [-0.1, -0.05) is 22.0 Å². The van der Waals surface area contributed by atoms with Crippen LogP contribution in [-0.2, 0) is 0 Å². The van der Waals surface area contributed by atoms with Gasteiger partial charge in [-0.3, -0.25) is 10.1 Å². The van der Waals surface area contributed by atoms with Gasteiger partial charge in [0.2, 0.25) is 0 Å². The Hall–Kier alpha value is -2.48. The van der Waals surface area contributed by atoms with Crippen molar-refractivity contribution in [3.8, 4) is 0 Å². The fourth-order valence-corrected chi connectivity index (χ4v) is 2.11. The first kappa shape index (κ1) is 14.9. The van der Waals surface area contributed by atoms with Gasteiger partial charge in [-0.15, -0.1) is 0 Å². The number of hydrogen-bond acceptors (Lipinski definition) is 4. The van der Waals surface area contributed by atoms with Gasteiger partial charge in [-0.05, 0) is 30.3 Å². The van der Waals surface area contributed by atoms with E-state index in [2.05, 4.69) is 21.2 Å². The standard InChI is InChI=1S/C13H8BrFN2O4/c14-7-4-5-9(15)11(6-7)16-10-3-1-2-8(13(18)19)12(10)17(20)21/h1-6,16H,(H,18,19). The summed E-state index contributed by atoms with van der Waals surface area (Å²) in [5.74, 6) is -2.05. The zero-order chi connectivity index (χ0) is 15.6. The molecular weight excluding hydrogens is 347 g/mol. The molecule has 2 aromatic carbocycles. The summed E-state index contributed by atoms with van der Waals surface area (Å²) in [6.45, 7) is 0. The summed E-state index contributed by atoms with van der Waals surface area (Å²) in [6.07, 6.45) is 0. The Morgan fingerprint density at radius 2 is 2.00 bits per heavy atom. The van der Waals surface area contributed by atoms with Gasteiger partial charge in [-0.25, -0.2) is 9.18 Å². The zero-order valence-corrected chi connectivity index (χ0v) is 11.9. The second kappa shape index (κ2) is 5.88. The minimum Gasteiger partial charge on any atom is -0.477 e. The molecule has 0 unspecified atom stereocenters. The Morgan fingerprint density at radius 3 is 2.62 bits per heavy atom. The molecular formula is C13H8BrFN2O4. The van der Waals surface area contributed by atoms with Gasteiger partial charge in [0.15, 0.2) is 0 Å². The van der Waals surface area contributed by atoms with E-state index in [9.17, 15) is 19.3 Å². The molecule has 0 amide bonds. The number of benzene rings is 2. The van der Waals surface area contributed by atoms with E-state index < -0.39 is 28.0 Å². The molecule has 0 heterocycles. The Kier molecular flexibility index (Phi) is 4.18. The molecule has 8 heteroatoms. The van der Waals surface area contributed by atoms with Crippen LogP contribution in [0.4, 0.5) is 21.5 Å². The predicted octanol–water partition coefficient (Wildman–Crippen LogP) is 3.94. The predicted molar refractivity (Wildman–Crippen MR) is 77.4 cm³/mol. The summed E-state index contributed by atoms with van der Waals surface area (Å²) in [4.78, 5) is 21.3. The lowest BCUT2D eigenvalue weighted by Gasteiger charge is -2.09. The van der Waals surface area contributed by atoms with Gasteiger partial charge >= 0.3 is 11.7 Å². The SMILES string of the molecule is O=C(O)c1cccc(Nc2cc(Br)ccc2F)c1[N+](=O)[O-]. The Morgan fingerprint density at radius 1 is 1.29 bits per heavy atom. The summed E-state index contributed by atoms with van der Waals surface area (Å²) in [5.41, 5.74) is -1.20. The van der Waals surface area contributed by atoms with Gasteiger partial charge in [-0.2, -0.15) is 0 Å². The Bertz CT molecular complexity index is 736. The van der Waals surface area contributed by atoms with E-state index in [1.807, 2.05) is 0 Å². The molecule has 0 fully saturated rings. The summed E-state index contributed by atoms with van der Waals surface area (Å²) >= 11 is 3.16. The topological polar surface area (TPSA) is 92.5 Å². The number of anilines is 2. The largest absolute Gasteiger partial charge is 0.477 e. The van der Waals surface area contributed by atoms with Crippen molar-refractivity contribution in [2.24, 2.45) is 0 Å². The van der Waals surface area contributed by atoms with Crippen LogP contribution in [0.5, 0.6) is 0 Å². The number of halogens is 2. The van der Waals surface area contributed by atoms with Gasteiger partial charge in [0.1, 0.15) is 17.1 Å². The molecule has 0 aromatic heterocycles. The van der Waals surface area contributed by atoms with Crippen LogP contribution in [0, 0.1) is 15.9 Å². The highest BCUT2D eigenvalue weighted by Gasteiger charge is 2.24. The second-order valence-corrected chi connectivity index (χ2v) is 4.93. The van der Waals surface area contributed by atoms with Crippen molar-refractivity contribution in [3.05, 3.63) is 62.4 Å². The third kappa shape index (κ3) is 3.16. The highest BCUT2D eigenvalue weighted by molar-refractivity contribution is 9.10. The van der Waals surface area contributed by atoms with E-state index in [4.69, 9.17) is 5.11 Å². The normalized spacial score (nSPS) is 10.2. The fourth-order valence-electron chi connectivity index (χ4n) is 1.75. The number of nitrogens with zero attached hydrogens (tertiary/aromatic N) is 1. The van der Waals surface area contributed by atoms with Crippen LogP contribution in [0.15, 0.2) is 40.9 Å². The minimum absolute atomic E-state index is 0.00462. The number of rotatable bonds is 4. The highest BCUT2D eigenvalue weighted by Crippen LogP contribution is 2.32. The second-order valence-electron chi connectivity index (χ2n) is 4.01. The fraction of sp³-hybridized carbons (Fsp3) is 0. The van der Waals surface area contributed by atoms with Crippen molar-refractivity contribution >= 4 is 39.0 Å². The molecule has 0 aliphatic rings. The maximum atomic E-state index is 13.7. The molecule has 0 bridgehead atoms. The molecule has 0 aliphatic carbocycles. The first-order valence-corrected chi connectivity index (χ1v) is 6.42. The molecule has 0 atom stereocenters. The maximum absolute atomic E-state index is 13.7. The highest BCUT2D eigenvalue weighted by atomic mass is 79.9. The summed E-state index contributed by atoms with van der Waals surface area (Å²) in [7, 11) is 0. The van der Waals surface area contributed by atoms with Crippen LogP contribution < -0.4 is 5.32 Å². The molecule has 0 spiro atoms. The average Bonchev–Trinajstić information content (AvgIpc) is 2.42.